The summed E-state index contributed by atoms with van der Waals surface area (Å²) in [5, 5.41) is 42.2. The van der Waals surface area contributed by atoms with Crippen molar-refractivity contribution in [2.45, 2.75) is 47.0 Å². The van der Waals surface area contributed by atoms with E-state index in [1.54, 1.807) is 153 Å². The second kappa shape index (κ2) is 55.5. The van der Waals surface area contributed by atoms with E-state index in [0.717, 1.165) is 75.0 Å². The molecule has 139 heavy (non-hydrogen) atoms. The molecule has 0 unspecified atom stereocenters. The number of esters is 2. The zero-order valence-electron chi connectivity index (χ0n) is 73.3. The topological polar surface area (TPSA) is 385 Å². The second-order valence-electron chi connectivity index (χ2n) is 27.6. The number of alkyl halides is 6. The van der Waals surface area contributed by atoms with Crippen LogP contribution in [0.4, 0.5) is 40.8 Å². The molecule has 8 aromatic carbocycles. The van der Waals surface area contributed by atoms with Crippen molar-refractivity contribution in [2.75, 3.05) is 14.2 Å². The molecule has 4 N–H and O–H groups in total. The maximum Gasteiger partial charge on any atom is 0.416 e. The molecule has 0 aliphatic carbocycles. The van der Waals surface area contributed by atoms with Gasteiger partial charge in [-0.1, -0.05) is 84.9 Å². The van der Waals surface area contributed by atoms with Crippen molar-refractivity contribution < 1.29 is 174 Å². The second-order valence-corrected chi connectivity index (χ2v) is 27.6. The number of hydrogen-bond acceptors (Lipinski definition) is 21. The standard InChI is InChI=1S/C22H19N2O4.C19H11F6N2.C19H11N4.C17H11F2N2.4C6H5NO2.4Ir/c1-13-14(2)24-20(16-7-11-18(12-8-16)22(26)28-4)19(23-13)15-5-9-17(10-6-15)21(25)27-3;1-11-10-26-16(12-2-6-14(7-3-12)18(20,21)22)17(27-11)13-4-8-15(9-5-13)19(23,24)25;1-13-12-22-18(15-5-3-14(11-20)4-6-15)19(23-13)16-7-9-17(21-2)10-8-16;1-11-10-20-16(12-2-6-14(18)7-3-12)17(21-11)13-4-8-15(19)9-5-13;4*8-6(9)5-3-1-2-4-7-5;;;;/h5-7,9-12H,1-4H3;2,4-10H,1H3;3-5,7-10,12H,1H3;2,4-10H,1H3;4*1-4H,(H,8,9);;;;/q4*-1;;;;;;;;. The Labute approximate surface area is 844 Å². The van der Waals surface area contributed by atoms with Gasteiger partial charge >= 0.3 is 42.2 Å². The minimum atomic E-state index is -4.50. The van der Waals surface area contributed by atoms with Gasteiger partial charge in [0.15, 0.2) is 5.69 Å². The quantitative estimate of drug-likeness (QED) is 0.0446. The third-order valence-electron chi connectivity index (χ3n) is 18.1. The number of carbonyl (C=O) groups excluding carboxylic acids is 2. The summed E-state index contributed by atoms with van der Waals surface area (Å²) in [4.78, 5) is 117. The number of ether oxygens (including phenoxy) is 2. The molecule has 0 bridgehead atoms. The Morgan fingerprint density at radius 2 is 0.662 bits per heavy atom. The monoisotopic (exact) mass is 2600 g/mol. The predicted octanol–water partition coefficient (Wildman–Crippen LogP) is 21.4. The number of nitriles is 1. The average Bonchev–Trinajstić information content (AvgIpc) is 0.799. The van der Waals surface area contributed by atoms with Crippen molar-refractivity contribution >= 4 is 41.5 Å². The number of benzene rings is 8. The number of aromatic nitrogens is 12. The maximum absolute atomic E-state index is 13.1. The maximum atomic E-state index is 13.1. The number of carboxylic acid groups (broad SMARTS) is 4. The average molecular weight is 2590 g/mol. The zero-order chi connectivity index (χ0) is 97.9. The summed E-state index contributed by atoms with van der Waals surface area (Å²) in [5.41, 5.74) is 14.0. The number of rotatable bonds is 14. The molecule has 16 aromatic rings. The summed E-state index contributed by atoms with van der Waals surface area (Å²) in [6.07, 6.45) is 1.59. The third-order valence-corrected chi connectivity index (χ3v) is 18.1. The summed E-state index contributed by atoms with van der Waals surface area (Å²) >= 11 is 0. The van der Waals surface area contributed by atoms with Gasteiger partial charge in [-0.15, -0.1) is 119 Å². The fourth-order valence-electron chi connectivity index (χ4n) is 11.3. The van der Waals surface area contributed by atoms with Crippen molar-refractivity contribution in [3.8, 4) is 96.1 Å². The van der Waals surface area contributed by atoms with Gasteiger partial charge in [-0.25, -0.2) is 58.4 Å². The molecule has 8 heterocycles. The Balaban J connectivity index is 0.000000290. The summed E-state index contributed by atoms with van der Waals surface area (Å²) in [6, 6.07) is 74.5. The van der Waals surface area contributed by atoms with Crippen LogP contribution in [0.1, 0.15) is 108 Å². The van der Waals surface area contributed by atoms with E-state index >= 15 is 0 Å². The number of aryl methyl sites for hydroxylation is 5. The molecule has 0 atom stereocenters. The van der Waals surface area contributed by atoms with Gasteiger partial charge in [-0.05, 0) is 158 Å². The number of aromatic carboxylic acids is 4. The van der Waals surface area contributed by atoms with E-state index in [2.05, 4.69) is 90.0 Å². The first-order chi connectivity index (χ1) is 64.5. The third kappa shape index (κ3) is 34.4. The minimum absolute atomic E-state index is 0. The Morgan fingerprint density at radius 3 is 0.971 bits per heavy atom. The molecule has 0 amide bonds. The van der Waals surface area contributed by atoms with Gasteiger partial charge in [0.05, 0.1) is 77.5 Å². The normalized spacial score (nSPS) is 10.0. The van der Waals surface area contributed by atoms with E-state index in [9.17, 15) is 63.9 Å². The van der Waals surface area contributed by atoms with Gasteiger partial charge in [0.2, 0.25) is 0 Å². The van der Waals surface area contributed by atoms with Crippen molar-refractivity contribution in [3.63, 3.8) is 0 Å². The van der Waals surface area contributed by atoms with E-state index in [0.29, 0.717) is 73.2 Å². The van der Waals surface area contributed by atoms with Crippen LogP contribution < -0.4 is 0 Å². The number of halogens is 8. The molecule has 26 nitrogen and oxygen atoms in total. The van der Waals surface area contributed by atoms with Crippen molar-refractivity contribution in [3.05, 3.63) is 412 Å². The van der Waals surface area contributed by atoms with Crippen LogP contribution in [0.3, 0.4) is 0 Å². The number of carboxylic acids is 4. The van der Waals surface area contributed by atoms with Crippen LogP contribution in [-0.4, -0.2) is 130 Å². The summed E-state index contributed by atoms with van der Waals surface area (Å²) in [5.74, 6) is -5.45. The fraction of sp³-hybridized carbons (Fsp3) is 0.0891. The number of hydrogen-bond donors (Lipinski definition) is 4. The Bertz CT molecular complexity index is 6570. The molecule has 8 aromatic heterocycles. The van der Waals surface area contributed by atoms with Crippen LogP contribution in [0.15, 0.2) is 286 Å². The Hall–Kier alpha value is -15.5. The van der Waals surface area contributed by atoms with Crippen molar-refractivity contribution in [1.82, 2.24) is 59.8 Å². The molecular formula is C101H72F8Ir4N14O12-4. The van der Waals surface area contributed by atoms with Gasteiger partial charge in [-0.3, -0.25) is 34.1 Å². The molecular weight excluding hydrogens is 2520 g/mol. The largest absolute Gasteiger partial charge is 0.477 e. The molecule has 0 saturated carbocycles. The van der Waals surface area contributed by atoms with Crippen LogP contribution in [0.2, 0.25) is 0 Å². The molecule has 714 valence electrons. The van der Waals surface area contributed by atoms with Crippen LogP contribution in [-0.2, 0) is 102 Å². The summed E-state index contributed by atoms with van der Waals surface area (Å²) in [6.45, 7) is 16.2. The number of pyridine rings is 4. The number of nitrogens with zero attached hydrogens (tertiary/aromatic N) is 14. The fourth-order valence-corrected chi connectivity index (χ4v) is 11.3. The summed E-state index contributed by atoms with van der Waals surface area (Å²) < 4.78 is 112. The van der Waals surface area contributed by atoms with Gasteiger partial charge in [0, 0.05) is 164 Å². The van der Waals surface area contributed by atoms with Crippen molar-refractivity contribution in [2.24, 2.45) is 0 Å². The Kier molecular flexibility index (Phi) is 45.5. The number of carbonyl (C=O) groups is 6. The molecule has 0 aliphatic rings. The van der Waals surface area contributed by atoms with Crippen LogP contribution in [0.25, 0.3) is 94.9 Å². The molecule has 16 rings (SSSR count). The smallest absolute Gasteiger partial charge is 0.416 e. The van der Waals surface area contributed by atoms with Gasteiger partial charge in [-0.2, -0.15) is 26.3 Å². The van der Waals surface area contributed by atoms with Crippen LogP contribution in [0.5, 0.6) is 0 Å². The van der Waals surface area contributed by atoms with E-state index in [1.807, 2.05) is 45.9 Å². The first-order valence-corrected chi connectivity index (χ1v) is 39.4. The molecule has 0 fully saturated rings. The number of methoxy groups -OCH3 is 2. The van der Waals surface area contributed by atoms with E-state index in [-0.39, 0.29) is 132 Å². The predicted molar refractivity (Wildman–Crippen MR) is 479 cm³/mol. The van der Waals surface area contributed by atoms with Crippen LogP contribution >= 0.6 is 0 Å². The van der Waals surface area contributed by atoms with E-state index < -0.39 is 59.3 Å². The van der Waals surface area contributed by atoms with Crippen LogP contribution in [0, 0.1) is 88.4 Å². The molecule has 0 aliphatic heterocycles. The minimum Gasteiger partial charge on any atom is -0.477 e. The van der Waals surface area contributed by atoms with Gasteiger partial charge < -0.3 is 44.9 Å². The molecule has 0 saturated heterocycles. The van der Waals surface area contributed by atoms with E-state index in [1.165, 1.54) is 112 Å². The SMILES string of the molecule is COC(=O)c1c[c-]c(-c2nc(C)c(C)nc2-c2ccc(C(=O)OC)cc2)cc1.Cc1cnc(-c2[c-]cc(C(F)(F)F)cc2)c(-c2ccc(C(F)(F)F)cc2)n1.Cc1cnc(-c2[c-]cc(F)cc2)c(-c2ccc(F)cc2)n1.O=C(O)c1ccccn1.O=C(O)c1ccccn1.O=C(O)c1ccccn1.O=C(O)c1ccccn1.[C-]#[N+]c1ccc(-c2nc(C)cnc2-c2[c-]cc(C#N)cc2)cc1.[Ir].[Ir].[Ir].[Ir]. The molecule has 38 heteroatoms. The summed E-state index contributed by atoms with van der Waals surface area (Å²) in [7, 11) is 2.68. The Morgan fingerprint density at radius 1 is 0.353 bits per heavy atom. The van der Waals surface area contributed by atoms with E-state index in [4.69, 9.17) is 46.7 Å². The van der Waals surface area contributed by atoms with Gasteiger partial charge in [0.1, 0.15) is 28.6 Å². The first-order valence-electron chi connectivity index (χ1n) is 39.4. The van der Waals surface area contributed by atoms with Crippen molar-refractivity contribution in [1.29, 1.82) is 5.26 Å². The zero-order valence-corrected chi connectivity index (χ0v) is 82.9. The molecule has 0 spiro atoms. The first kappa shape index (κ1) is 114. The van der Waals surface area contributed by atoms with Gasteiger partial charge in [0.25, 0.3) is 5.97 Å². The molecule has 4 radical (unpaired) electrons.